The van der Waals surface area contributed by atoms with Gasteiger partial charge in [-0.1, -0.05) is 48.4 Å². The molecular weight excluding hydrogens is 444 g/mol. The molecule has 1 heterocycles. The van der Waals surface area contributed by atoms with Crippen molar-refractivity contribution in [3.63, 3.8) is 0 Å². The Morgan fingerprint density at radius 3 is 2.41 bits per heavy atom. The standard InChI is InChI=1S/C25H25ClN2O3S/c1-4-17(3)27-23(30)15-28-24(14-21(29)19-9-11-20(26)12-10-19)32-22(25(28)31)13-18-7-5-16(2)6-8-18/h5-14,17H,4,15H2,1-3H3,(H,27,30). The molecule has 1 unspecified atom stereocenters. The SMILES string of the molecule is CCC(C)NC(=O)Cn1c(=CC(=O)c2ccc(Cl)cc2)sc(=Cc2ccc(C)cc2)c1=O. The Morgan fingerprint density at radius 2 is 1.78 bits per heavy atom. The number of aromatic nitrogens is 1. The van der Waals surface area contributed by atoms with Crippen molar-refractivity contribution in [2.75, 3.05) is 0 Å². The van der Waals surface area contributed by atoms with Crippen LogP contribution in [-0.4, -0.2) is 22.3 Å². The quantitative estimate of drug-likeness (QED) is 0.541. The average molecular weight is 469 g/mol. The first-order chi connectivity index (χ1) is 15.3. The summed E-state index contributed by atoms with van der Waals surface area (Å²) in [6.07, 6.45) is 3.96. The Morgan fingerprint density at radius 1 is 1.12 bits per heavy atom. The minimum absolute atomic E-state index is 0.00134. The Bertz CT molecular complexity index is 1290. The first-order valence-corrected chi connectivity index (χ1v) is 11.5. The molecule has 5 nitrogen and oxygen atoms in total. The van der Waals surface area contributed by atoms with Crippen LogP contribution < -0.4 is 20.1 Å². The Hall–Kier alpha value is -2.96. The van der Waals surface area contributed by atoms with Gasteiger partial charge in [-0.25, -0.2) is 0 Å². The number of carbonyl (C=O) groups is 2. The number of amides is 1. The van der Waals surface area contributed by atoms with E-state index in [-0.39, 0.29) is 29.8 Å². The molecule has 166 valence electrons. The lowest BCUT2D eigenvalue weighted by molar-refractivity contribution is -0.122. The first kappa shape index (κ1) is 23.7. The first-order valence-electron chi connectivity index (χ1n) is 10.4. The molecule has 1 amide bonds. The number of thiazole rings is 1. The van der Waals surface area contributed by atoms with E-state index in [0.717, 1.165) is 17.5 Å². The highest BCUT2D eigenvalue weighted by Gasteiger charge is 2.13. The molecule has 0 spiro atoms. The largest absolute Gasteiger partial charge is 0.352 e. The molecule has 0 saturated carbocycles. The van der Waals surface area contributed by atoms with Crippen LogP contribution in [0.25, 0.3) is 12.2 Å². The van der Waals surface area contributed by atoms with Crippen LogP contribution in [0.15, 0.2) is 53.3 Å². The molecule has 3 rings (SSSR count). The third-order valence-electron chi connectivity index (χ3n) is 5.02. The summed E-state index contributed by atoms with van der Waals surface area (Å²) in [4.78, 5) is 38.4. The van der Waals surface area contributed by atoms with Crippen molar-refractivity contribution >= 4 is 46.8 Å². The molecule has 7 heteroatoms. The number of hydrogen-bond acceptors (Lipinski definition) is 4. The number of benzene rings is 2. The fourth-order valence-electron chi connectivity index (χ4n) is 2.98. The fraction of sp³-hybridized carbons (Fsp3) is 0.240. The van der Waals surface area contributed by atoms with Crippen LogP contribution in [-0.2, 0) is 11.3 Å². The number of carbonyl (C=O) groups excluding carboxylic acids is 2. The predicted octanol–water partition coefficient (Wildman–Crippen LogP) is 3.28. The monoisotopic (exact) mass is 468 g/mol. The number of Topliss-reactive ketones (excluding diaryl/α,β-unsaturated/α-hetero) is 1. The summed E-state index contributed by atoms with van der Waals surface area (Å²) in [5.74, 6) is -0.532. The zero-order valence-corrected chi connectivity index (χ0v) is 19.8. The maximum absolute atomic E-state index is 13.1. The van der Waals surface area contributed by atoms with E-state index in [4.69, 9.17) is 11.6 Å². The van der Waals surface area contributed by atoms with Gasteiger partial charge >= 0.3 is 0 Å². The number of ketones is 1. The molecule has 0 aliphatic heterocycles. The lowest BCUT2D eigenvalue weighted by atomic mass is 10.1. The van der Waals surface area contributed by atoms with E-state index in [2.05, 4.69) is 5.32 Å². The van der Waals surface area contributed by atoms with Gasteiger partial charge < -0.3 is 5.32 Å². The van der Waals surface area contributed by atoms with E-state index >= 15 is 0 Å². The minimum atomic E-state index is -0.301. The highest BCUT2D eigenvalue weighted by atomic mass is 35.5. The molecule has 2 aromatic carbocycles. The number of hydrogen-bond donors (Lipinski definition) is 1. The van der Waals surface area contributed by atoms with Gasteiger partial charge in [0.25, 0.3) is 5.56 Å². The third kappa shape index (κ3) is 6.05. The van der Waals surface area contributed by atoms with Gasteiger partial charge in [0.05, 0.1) is 4.53 Å². The highest BCUT2D eigenvalue weighted by Crippen LogP contribution is 2.10. The van der Waals surface area contributed by atoms with E-state index in [1.807, 2.05) is 45.0 Å². The summed E-state index contributed by atoms with van der Waals surface area (Å²) in [6, 6.07) is 14.3. The van der Waals surface area contributed by atoms with Gasteiger partial charge in [-0.15, -0.1) is 11.3 Å². The summed E-state index contributed by atoms with van der Waals surface area (Å²) in [6.45, 7) is 5.72. The van der Waals surface area contributed by atoms with Crippen LogP contribution in [0.5, 0.6) is 0 Å². The van der Waals surface area contributed by atoms with Crippen LogP contribution in [0, 0.1) is 6.92 Å². The van der Waals surface area contributed by atoms with Crippen LogP contribution >= 0.6 is 22.9 Å². The lowest BCUT2D eigenvalue weighted by Crippen LogP contribution is -2.40. The van der Waals surface area contributed by atoms with Crippen LogP contribution in [0.3, 0.4) is 0 Å². The summed E-state index contributed by atoms with van der Waals surface area (Å²) in [7, 11) is 0. The second-order valence-corrected chi connectivity index (χ2v) is 9.14. The highest BCUT2D eigenvalue weighted by molar-refractivity contribution is 7.07. The second kappa shape index (κ2) is 10.6. The van der Waals surface area contributed by atoms with E-state index in [1.54, 1.807) is 30.3 Å². The Kier molecular flexibility index (Phi) is 7.83. The Balaban J connectivity index is 2.08. The van der Waals surface area contributed by atoms with Crippen molar-refractivity contribution in [3.05, 3.63) is 89.8 Å². The van der Waals surface area contributed by atoms with Crippen molar-refractivity contribution in [3.8, 4) is 0 Å². The molecular formula is C25H25ClN2O3S. The minimum Gasteiger partial charge on any atom is -0.352 e. The van der Waals surface area contributed by atoms with Gasteiger partial charge in [0.15, 0.2) is 5.78 Å². The molecule has 0 fully saturated rings. The predicted molar refractivity (Wildman–Crippen MR) is 131 cm³/mol. The number of nitrogens with zero attached hydrogens (tertiary/aromatic N) is 1. The van der Waals surface area contributed by atoms with E-state index in [0.29, 0.717) is 19.8 Å². The summed E-state index contributed by atoms with van der Waals surface area (Å²) in [5.41, 5.74) is 2.15. The summed E-state index contributed by atoms with van der Waals surface area (Å²) < 4.78 is 2.24. The smallest absolute Gasteiger partial charge is 0.269 e. The molecule has 1 aromatic heterocycles. The third-order valence-corrected chi connectivity index (χ3v) is 6.33. The van der Waals surface area contributed by atoms with Gasteiger partial charge in [0.2, 0.25) is 5.91 Å². The van der Waals surface area contributed by atoms with Gasteiger partial charge in [-0.3, -0.25) is 19.0 Å². The van der Waals surface area contributed by atoms with Crippen molar-refractivity contribution in [1.29, 1.82) is 0 Å². The van der Waals surface area contributed by atoms with Crippen molar-refractivity contribution < 1.29 is 9.59 Å². The van der Waals surface area contributed by atoms with E-state index in [9.17, 15) is 14.4 Å². The second-order valence-electron chi connectivity index (χ2n) is 7.64. The maximum atomic E-state index is 13.1. The normalized spacial score (nSPS) is 13.2. The van der Waals surface area contributed by atoms with Crippen LogP contribution in [0.4, 0.5) is 0 Å². The molecule has 3 aromatic rings. The van der Waals surface area contributed by atoms with Crippen LogP contribution in [0.2, 0.25) is 5.02 Å². The van der Waals surface area contributed by atoms with Crippen molar-refractivity contribution in [2.45, 2.75) is 39.8 Å². The number of rotatable bonds is 7. The van der Waals surface area contributed by atoms with Gasteiger partial charge in [-0.05, 0) is 56.2 Å². The topological polar surface area (TPSA) is 68.2 Å². The molecule has 1 atom stereocenters. The summed E-state index contributed by atoms with van der Waals surface area (Å²) in [5, 5.41) is 3.40. The maximum Gasteiger partial charge on any atom is 0.269 e. The fourth-order valence-corrected chi connectivity index (χ4v) is 4.15. The van der Waals surface area contributed by atoms with Crippen LogP contribution in [0.1, 0.15) is 41.8 Å². The molecule has 0 radical (unpaired) electrons. The average Bonchev–Trinajstić information content (AvgIpc) is 3.04. The van der Waals surface area contributed by atoms with E-state index < -0.39 is 0 Å². The summed E-state index contributed by atoms with van der Waals surface area (Å²) >= 11 is 7.10. The Labute approximate surface area is 195 Å². The van der Waals surface area contributed by atoms with Gasteiger partial charge in [0, 0.05) is 22.7 Å². The zero-order valence-electron chi connectivity index (χ0n) is 18.2. The molecule has 0 saturated heterocycles. The number of aryl methyl sites for hydroxylation is 1. The molecule has 0 bridgehead atoms. The van der Waals surface area contributed by atoms with Gasteiger partial charge in [-0.2, -0.15) is 0 Å². The molecule has 0 aliphatic rings. The number of halogens is 1. The molecule has 1 N–H and O–H groups in total. The van der Waals surface area contributed by atoms with Crippen molar-refractivity contribution in [2.24, 2.45) is 0 Å². The number of nitrogens with one attached hydrogen (secondary N) is 1. The van der Waals surface area contributed by atoms with Crippen molar-refractivity contribution in [1.82, 2.24) is 9.88 Å². The van der Waals surface area contributed by atoms with E-state index in [1.165, 1.54) is 22.0 Å². The molecule has 0 aliphatic carbocycles. The molecule has 32 heavy (non-hydrogen) atoms. The lowest BCUT2D eigenvalue weighted by Gasteiger charge is -2.11. The van der Waals surface area contributed by atoms with Gasteiger partial charge in [0.1, 0.15) is 11.2 Å². The zero-order chi connectivity index (χ0) is 23.3.